The molecule has 0 radical (unpaired) electrons. The van der Waals surface area contributed by atoms with E-state index in [0.717, 1.165) is 62.9 Å². The number of likely N-dealkylation sites (tertiary alicyclic amines) is 1. The molecule has 0 N–H and O–H groups in total. The van der Waals surface area contributed by atoms with E-state index in [1.807, 2.05) is 27.3 Å². The van der Waals surface area contributed by atoms with E-state index in [2.05, 4.69) is 21.7 Å². The molecule has 0 aromatic carbocycles. The highest BCUT2D eigenvalue weighted by atomic mass is 32.2. The van der Waals surface area contributed by atoms with Gasteiger partial charge >= 0.3 is 0 Å². The summed E-state index contributed by atoms with van der Waals surface area (Å²) in [6.45, 7) is 5.23. The smallest absolute Gasteiger partial charge is 0.263 e. The highest BCUT2D eigenvalue weighted by molar-refractivity contribution is 7.99. The Morgan fingerprint density at radius 1 is 1.11 bits per heavy atom. The van der Waals surface area contributed by atoms with Crippen molar-refractivity contribution < 1.29 is 4.79 Å². The molecule has 3 aliphatic rings. The zero-order valence-corrected chi connectivity index (χ0v) is 17.5. The molecular weight excluding hydrogens is 390 g/mol. The van der Waals surface area contributed by atoms with Crippen LogP contribution < -0.4 is 5.56 Å². The third kappa shape index (κ3) is 3.44. The van der Waals surface area contributed by atoms with Crippen LogP contribution in [0.5, 0.6) is 0 Å². The zero-order chi connectivity index (χ0) is 19.1. The summed E-state index contributed by atoms with van der Waals surface area (Å²) in [5, 5.41) is 4.36. The van der Waals surface area contributed by atoms with Gasteiger partial charge in [-0.05, 0) is 46.9 Å². The lowest BCUT2D eigenvalue weighted by Crippen LogP contribution is -2.48. The van der Waals surface area contributed by atoms with Gasteiger partial charge in [0.2, 0.25) is 0 Å². The molecule has 0 saturated carbocycles. The minimum absolute atomic E-state index is 0.0817. The highest BCUT2D eigenvalue weighted by Crippen LogP contribution is 2.35. The second-order valence-electron chi connectivity index (χ2n) is 8.12. The van der Waals surface area contributed by atoms with Crippen molar-refractivity contribution in [1.82, 2.24) is 14.4 Å². The molecule has 7 heteroatoms. The van der Waals surface area contributed by atoms with Crippen LogP contribution in [-0.4, -0.2) is 58.0 Å². The Kier molecular flexibility index (Phi) is 5.07. The quantitative estimate of drug-likeness (QED) is 0.773. The zero-order valence-electron chi connectivity index (χ0n) is 15.9. The minimum atomic E-state index is -0.0876. The standard InChI is InChI=1S/C21H25N3O2S2/c25-20(23-4-7-27-8-5-23)18-1-2-19-17-9-16(12-24(19)21(18)26)11-22(13-17)10-15-3-6-28-14-15/h1-3,6,14,16-17H,4-5,7-13H2/t16-,17+/m0/s1. The third-order valence-electron chi connectivity index (χ3n) is 6.19. The molecule has 2 atom stereocenters. The van der Waals surface area contributed by atoms with E-state index in [4.69, 9.17) is 0 Å². The van der Waals surface area contributed by atoms with Gasteiger partial charge in [0.05, 0.1) is 0 Å². The largest absolute Gasteiger partial charge is 0.337 e. The molecule has 5 nitrogen and oxygen atoms in total. The van der Waals surface area contributed by atoms with Gasteiger partial charge in [-0.1, -0.05) is 0 Å². The maximum absolute atomic E-state index is 13.2. The first kappa shape index (κ1) is 18.5. The van der Waals surface area contributed by atoms with Gasteiger partial charge in [-0.25, -0.2) is 0 Å². The summed E-state index contributed by atoms with van der Waals surface area (Å²) < 4.78 is 1.91. The van der Waals surface area contributed by atoms with E-state index in [1.165, 1.54) is 5.56 Å². The van der Waals surface area contributed by atoms with Crippen molar-refractivity contribution in [2.24, 2.45) is 5.92 Å². The molecule has 3 aliphatic heterocycles. The fourth-order valence-electron chi connectivity index (χ4n) is 4.91. The lowest BCUT2D eigenvalue weighted by Gasteiger charge is -2.43. The van der Waals surface area contributed by atoms with Gasteiger partial charge < -0.3 is 9.47 Å². The van der Waals surface area contributed by atoms with Gasteiger partial charge in [-0.3, -0.25) is 14.5 Å². The van der Waals surface area contributed by atoms with Crippen LogP contribution in [0.3, 0.4) is 0 Å². The molecule has 5 rings (SSSR count). The fourth-order valence-corrected chi connectivity index (χ4v) is 6.48. The van der Waals surface area contributed by atoms with Gasteiger partial charge in [-0.2, -0.15) is 23.1 Å². The Hall–Kier alpha value is -1.57. The molecular formula is C21H25N3O2S2. The summed E-state index contributed by atoms with van der Waals surface area (Å²) in [5.74, 6) is 2.70. The minimum Gasteiger partial charge on any atom is -0.337 e. The number of pyridine rings is 1. The average molecular weight is 416 g/mol. The van der Waals surface area contributed by atoms with Crippen LogP contribution in [0.25, 0.3) is 0 Å². The lowest BCUT2D eigenvalue weighted by molar-refractivity contribution is 0.0767. The van der Waals surface area contributed by atoms with Crippen molar-refractivity contribution in [3.8, 4) is 0 Å². The first-order valence-electron chi connectivity index (χ1n) is 10.0. The summed E-state index contributed by atoms with van der Waals surface area (Å²) in [4.78, 5) is 30.4. The van der Waals surface area contributed by atoms with Gasteiger partial charge in [0, 0.05) is 62.4 Å². The summed E-state index contributed by atoms with van der Waals surface area (Å²) in [5.41, 5.74) is 2.76. The van der Waals surface area contributed by atoms with Crippen molar-refractivity contribution in [3.05, 3.63) is 56.1 Å². The van der Waals surface area contributed by atoms with Crippen molar-refractivity contribution >= 4 is 29.0 Å². The van der Waals surface area contributed by atoms with Crippen LogP contribution in [0.4, 0.5) is 0 Å². The van der Waals surface area contributed by atoms with Gasteiger partial charge in [0.15, 0.2) is 0 Å². The Labute approximate surface area is 173 Å². The van der Waals surface area contributed by atoms with E-state index in [9.17, 15) is 9.59 Å². The molecule has 2 saturated heterocycles. The number of thiophene rings is 1. The molecule has 2 fully saturated rings. The SMILES string of the molecule is O=C(c1ccc2n(c1=O)C[C@H]1C[C@@H]2CN(Cc2ccsc2)C1)N1CCSCC1. The van der Waals surface area contributed by atoms with Crippen molar-refractivity contribution in [2.75, 3.05) is 37.7 Å². The monoisotopic (exact) mass is 415 g/mol. The Balaban J connectivity index is 1.39. The molecule has 28 heavy (non-hydrogen) atoms. The van der Waals surface area contributed by atoms with E-state index < -0.39 is 0 Å². The number of thioether (sulfide) groups is 1. The van der Waals surface area contributed by atoms with E-state index in [1.54, 1.807) is 17.4 Å². The van der Waals surface area contributed by atoms with E-state index in [-0.39, 0.29) is 11.5 Å². The molecule has 2 aromatic rings. The number of hydrogen-bond acceptors (Lipinski definition) is 5. The molecule has 0 unspecified atom stereocenters. The van der Waals surface area contributed by atoms with Crippen LogP contribution in [0, 0.1) is 5.92 Å². The maximum Gasteiger partial charge on any atom is 0.263 e. The van der Waals surface area contributed by atoms with E-state index in [0.29, 0.717) is 17.4 Å². The van der Waals surface area contributed by atoms with Crippen molar-refractivity contribution in [3.63, 3.8) is 0 Å². The topological polar surface area (TPSA) is 45.6 Å². The average Bonchev–Trinajstić information content (AvgIpc) is 3.22. The summed E-state index contributed by atoms with van der Waals surface area (Å²) >= 11 is 3.62. The molecule has 2 aromatic heterocycles. The van der Waals surface area contributed by atoms with Gasteiger partial charge in [-0.15, -0.1) is 0 Å². The predicted molar refractivity (Wildman–Crippen MR) is 114 cm³/mol. The highest BCUT2D eigenvalue weighted by Gasteiger charge is 2.35. The predicted octanol–water partition coefficient (Wildman–Crippen LogP) is 2.72. The lowest BCUT2D eigenvalue weighted by atomic mass is 9.83. The third-order valence-corrected chi connectivity index (χ3v) is 7.87. The van der Waals surface area contributed by atoms with Gasteiger partial charge in [0.25, 0.3) is 11.5 Å². The molecule has 0 spiro atoms. The molecule has 148 valence electrons. The van der Waals surface area contributed by atoms with Crippen LogP contribution >= 0.6 is 23.1 Å². The summed E-state index contributed by atoms with van der Waals surface area (Å²) in [7, 11) is 0. The molecule has 1 amide bonds. The number of nitrogens with zero attached hydrogens (tertiary/aromatic N) is 3. The van der Waals surface area contributed by atoms with E-state index >= 15 is 0 Å². The Morgan fingerprint density at radius 2 is 1.96 bits per heavy atom. The van der Waals surface area contributed by atoms with Crippen LogP contribution in [0.1, 0.15) is 34.0 Å². The second-order valence-corrected chi connectivity index (χ2v) is 10.1. The number of rotatable bonds is 3. The van der Waals surface area contributed by atoms with Crippen LogP contribution in [0.2, 0.25) is 0 Å². The number of aromatic nitrogens is 1. The number of carbonyl (C=O) groups is 1. The fraction of sp³-hybridized carbons (Fsp3) is 0.524. The normalized spacial score (nSPS) is 24.8. The molecule has 0 aliphatic carbocycles. The first-order valence-corrected chi connectivity index (χ1v) is 12.1. The van der Waals surface area contributed by atoms with Gasteiger partial charge in [0.1, 0.15) is 5.56 Å². The van der Waals surface area contributed by atoms with Crippen LogP contribution in [0.15, 0.2) is 33.8 Å². The summed E-state index contributed by atoms with van der Waals surface area (Å²) in [6.07, 6.45) is 1.15. The number of carbonyl (C=O) groups excluding carboxylic acids is 1. The Bertz CT molecular complexity index is 918. The first-order chi connectivity index (χ1) is 13.7. The second kappa shape index (κ2) is 7.69. The molecule has 2 bridgehead atoms. The maximum atomic E-state index is 13.2. The summed E-state index contributed by atoms with van der Waals surface area (Å²) in [6, 6.07) is 6.03. The number of amides is 1. The number of fused-ring (bicyclic) bond motifs is 4. The number of hydrogen-bond donors (Lipinski definition) is 0. The Morgan fingerprint density at radius 3 is 2.75 bits per heavy atom. The van der Waals surface area contributed by atoms with Crippen molar-refractivity contribution in [1.29, 1.82) is 0 Å². The molecule has 5 heterocycles. The van der Waals surface area contributed by atoms with Crippen LogP contribution in [-0.2, 0) is 13.1 Å². The van der Waals surface area contributed by atoms with Crippen molar-refractivity contribution in [2.45, 2.75) is 25.4 Å². The number of piperidine rings is 1.